The molecule has 4 heterocycles. The first-order valence-electron chi connectivity index (χ1n) is 18.1. The highest BCUT2D eigenvalue weighted by Crippen LogP contribution is 2.48. The number of ether oxygens (including phenoxy) is 2. The molecule has 7 aromatic rings. The van der Waals surface area contributed by atoms with Gasteiger partial charge in [-0.2, -0.15) is 21.0 Å². The number of nitriles is 4. The van der Waals surface area contributed by atoms with Crippen molar-refractivity contribution in [1.29, 1.82) is 21.0 Å². The van der Waals surface area contributed by atoms with E-state index in [1.807, 2.05) is 103 Å². The quantitative estimate of drug-likeness (QED) is 0.201. The lowest BCUT2D eigenvalue weighted by atomic mass is 9.30. The number of fused-ring (bicyclic) bond motifs is 8. The SMILES string of the molecule is N#Cc1cc(C#N)c2c3c1Oc1ccccc1B3c1cc3c(cc1O2)N(c1ccccc1)c1c(C#N)cc(C#N)c2c1B3c1ccccc1N2c1ccccc1. The summed E-state index contributed by atoms with van der Waals surface area (Å²) in [6.07, 6.45) is 0. The monoisotopic (exact) mass is 712 g/mol. The van der Waals surface area contributed by atoms with Crippen LogP contribution in [0.5, 0.6) is 23.0 Å². The molecule has 0 aromatic heterocycles. The maximum absolute atomic E-state index is 10.9. The maximum Gasteiger partial charge on any atom is 0.260 e. The molecule has 4 aliphatic heterocycles. The summed E-state index contributed by atoms with van der Waals surface area (Å²) in [5.74, 6) is 1.92. The second-order valence-electron chi connectivity index (χ2n) is 14.0. The van der Waals surface area contributed by atoms with Gasteiger partial charge in [-0.25, -0.2) is 0 Å². The fourth-order valence-corrected chi connectivity index (χ4v) is 9.12. The first-order valence-corrected chi connectivity index (χ1v) is 18.1. The number of hydrogen-bond donors (Lipinski definition) is 0. The standard InChI is InChI=1S/C46H22B2N6O2/c49-23-27-19-28(24-50)44-41-43(27)53(31-11-3-1-4-12-31)37-17-9-7-15-33(37)47(41)35-21-36-40(22-38(35)54(44)32-13-5-2-6-14-32)56-46-30(26-52)20-29(25-51)45-42(46)48(36)34-16-8-10-18-39(34)55-45/h1-22H. The van der Waals surface area contributed by atoms with E-state index in [-0.39, 0.29) is 11.1 Å². The molecular weight excluding hydrogens is 690 g/mol. The van der Waals surface area contributed by atoms with Crippen molar-refractivity contribution >= 4 is 80.3 Å². The fourth-order valence-electron chi connectivity index (χ4n) is 9.12. The second-order valence-corrected chi connectivity index (χ2v) is 14.0. The van der Waals surface area contributed by atoms with Crippen LogP contribution in [0.15, 0.2) is 133 Å². The largest absolute Gasteiger partial charge is 0.457 e. The van der Waals surface area contributed by atoms with Crippen molar-refractivity contribution in [3.8, 4) is 47.3 Å². The summed E-state index contributed by atoms with van der Waals surface area (Å²) < 4.78 is 13.2. The number of rotatable bonds is 2. The molecule has 0 aliphatic carbocycles. The Labute approximate surface area is 322 Å². The normalized spacial score (nSPS) is 13.1. The van der Waals surface area contributed by atoms with Gasteiger partial charge in [-0.15, -0.1) is 0 Å². The van der Waals surface area contributed by atoms with Crippen molar-refractivity contribution < 1.29 is 9.47 Å². The van der Waals surface area contributed by atoms with E-state index in [9.17, 15) is 21.0 Å². The van der Waals surface area contributed by atoms with Crippen LogP contribution in [-0.2, 0) is 0 Å². The molecule has 254 valence electrons. The summed E-state index contributed by atoms with van der Waals surface area (Å²) >= 11 is 0. The zero-order chi connectivity index (χ0) is 37.7. The van der Waals surface area contributed by atoms with Gasteiger partial charge >= 0.3 is 0 Å². The van der Waals surface area contributed by atoms with Gasteiger partial charge in [0, 0.05) is 34.3 Å². The maximum atomic E-state index is 10.9. The lowest BCUT2D eigenvalue weighted by molar-refractivity contribution is 0.462. The molecule has 4 aliphatic rings. The van der Waals surface area contributed by atoms with E-state index in [1.54, 1.807) is 6.07 Å². The molecule has 0 spiro atoms. The van der Waals surface area contributed by atoms with Crippen LogP contribution in [-0.4, -0.2) is 13.4 Å². The smallest absolute Gasteiger partial charge is 0.260 e. The van der Waals surface area contributed by atoms with Gasteiger partial charge in [0.25, 0.3) is 13.4 Å². The number of benzene rings is 7. The summed E-state index contributed by atoms with van der Waals surface area (Å²) in [6, 6.07) is 52.8. The zero-order valence-electron chi connectivity index (χ0n) is 29.4. The van der Waals surface area contributed by atoms with Crippen molar-refractivity contribution in [3.05, 3.63) is 156 Å². The highest BCUT2D eigenvalue weighted by Gasteiger charge is 2.48. The summed E-state index contributed by atoms with van der Waals surface area (Å²) in [5.41, 5.74) is 11.3. The van der Waals surface area contributed by atoms with Crippen LogP contribution in [0.4, 0.5) is 34.1 Å². The summed E-state index contributed by atoms with van der Waals surface area (Å²) in [5, 5.41) is 42.3. The van der Waals surface area contributed by atoms with Crippen LogP contribution >= 0.6 is 0 Å². The molecule has 0 N–H and O–H groups in total. The molecule has 0 saturated heterocycles. The van der Waals surface area contributed by atoms with Crippen LogP contribution in [0.2, 0.25) is 0 Å². The van der Waals surface area contributed by atoms with Gasteiger partial charge in [-0.3, -0.25) is 0 Å². The van der Waals surface area contributed by atoms with Gasteiger partial charge in [0.15, 0.2) is 0 Å². The number of para-hydroxylation sites is 4. The van der Waals surface area contributed by atoms with Crippen molar-refractivity contribution in [1.82, 2.24) is 0 Å². The predicted octanol–water partition coefficient (Wildman–Crippen LogP) is 5.98. The molecular formula is C46H22B2N6O2. The van der Waals surface area contributed by atoms with Crippen LogP contribution in [0, 0.1) is 45.3 Å². The van der Waals surface area contributed by atoms with Gasteiger partial charge in [-0.05, 0) is 75.8 Å². The third-order valence-electron chi connectivity index (χ3n) is 11.3. The molecule has 0 bridgehead atoms. The Morgan fingerprint density at radius 3 is 1.54 bits per heavy atom. The van der Waals surface area contributed by atoms with Crippen LogP contribution in [0.1, 0.15) is 22.3 Å². The first-order chi connectivity index (χ1) is 27.6. The molecule has 10 heteroatoms. The predicted molar refractivity (Wildman–Crippen MR) is 217 cm³/mol. The van der Waals surface area contributed by atoms with E-state index in [4.69, 9.17) is 9.47 Å². The van der Waals surface area contributed by atoms with Crippen molar-refractivity contribution in [3.63, 3.8) is 0 Å². The summed E-state index contributed by atoms with van der Waals surface area (Å²) in [4.78, 5) is 4.25. The highest BCUT2D eigenvalue weighted by atomic mass is 16.5. The Bertz CT molecular complexity index is 3070. The lowest BCUT2D eigenvalue weighted by Gasteiger charge is -2.45. The Balaban J connectivity index is 1.28. The van der Waals surface area contributed by atoms with Gasteiger partial charge in [0.2, 0.25) is 0 Å². The number of anilines is 6. The molecule has 7 aromatic carbocycles. The van der Waals surface area contributed by atoms with E-state index in [0.29, 0.717) is 45.3 Å². The van der Waals surface area contributed by atoms with E-state index < -0.39 is 13.4 Å². The Morgan fingerprint density at radius 2 is 0.911 bits per heavy atom. The molecule has 56 heavy (non-hydrogen) atoms. The zero-order valence-corrected chi connectivity index (χ0v) is 29.4. The average molecular weight is 712 g/mol. The van der Waals surface area contributed by atoms with Crippen molar-refractivity contribution in [2.75, 3.05) is 9.80 Å². The molecule has 8 nitrogen and oxygen atoms in total. The van der Waals surface area contributed by atoms with Gasteiger partial charge in [0.1, 0.15) is 47.3 Å². The van der Waals surface area contributed by atoms with E-state index in [2.05, 4.69) is 52.3 Å². The first kappa shape index (κ1) is 31.4. The van der Waals surface area contributed by atoms with Gasteiger partial charge in [0.05, 0.1) is 33.6 Å². The Morgan fingerprint density at radius 1 is 0.411 bits per heavy atom. The number of hydrogen-bond acceptors (Lipinski definition) is 8. The third-order valence-corrected chi connectivity index (χ3v) is 11.3. The lowest BCUT2D eigenvalue weighted by Crippen LogP contribution is -2.64. The van der Waals surface area contributed by atoms with Crippen LogP contribution < -0.4 is 52.1 Å². The molecule has 0 saturated carbocycles. The molecule has 0 amide bonds. The minimum absolute atomic E-state index is 0.240. The second kappa shape index (κ2) is 11.7. The van der Waals surface area contributed by atoms with Gasteiger partial charge < -0.3 is 19.3 Å². The summed E-state index contributed by atoms with van der Waals surface area (Å²) in [6.45, 7) is -0.821. The molecule has 0 fully saturated rings. The molecule has 0 atom stereocenters. The molecule has 0 unspecified atom stereocenters. The Kier molecular flexibility index (Phi) is 6.53. The Hall–Kier alpha value is -8.17. The van der Waals surface area contributed by atoms with Crippen molar-refractivity contribution in [2.24, 2.45) is 0 Å². The minimum atomic E-state index is -0.426. The van der Waals surface area contributed by atoms with E-state index >= 15 is 0 Å². The van der Waals surface area contributed by atoms with E-state index in [0.717, 1.165) is 55.8 Å². The highest BCUT2D eigenvalue weighted by molar-refractivity contribution is 7.02. The third kappa shape index (κ3) is 4.10. The van der Waals surface area contributed by atoms with Crippen LogP contribution in [0.3, 0.4) is 0 Å². The van der Waals surface area contributed by atoms with Crippen LogP contribution in [0.25, 0.3) is 0 Å². The van der Waals surface area contributed by atoms with Gasteiger partial charge in [-0.1, -0.05) is 78.9 Å². The molecule has 0 radical (unpaired) electrons. The average Bonchev–Trinajstić information content (AvgIpc) is 3.26. The number of nitrogens with zero attached hydrogens (tertiary/aromatic N) is 6. The minimum Gasteiger partial charge on any atom is -0.457 e. The topological polar surface area (TPSA) is 120 Å². The van der Waals surface area contributed by atoms with E-state index in [1.165, 1.54) is 6.07 Å². The summed E-state index contributed by atoms with van der Waals surface area (Å²) in [7, 11) is 0. The fraction of sp³-hybridized carbons (Fsp3) is 0. The molecule has 11 rings (SSSR count). The van der Waals surface area contributed by atoms with Crippen molar-refractivity contribution in [2.45, 2.75) is 0 Å².